The molecule has 1 aromatic heterocycles. The van der Waals surface area contributed by atoms with E-state index in [4.69, 9.17) is 16.3 Å². The van der Waals surface area contributed by atoms with Crippen molar-refractivity contribution in [1.29, 1.82) is 0 Å². The Bertz CT molecular complexity index is 703. The Balaban J connectivity index is 2.21. The largest absolute Gasteiger partial charge is 0.475 e. The average Bonchev–Trinajstić information content (AvgIpc) is 2.86. The second-order valence-electron chi connectivity index (χ2n) is 4.10. The number of ketones is 1. The van der Waals surface area contributed by atoms with E-state index in [1.807, 2.05) is 0 Å². The maximum atomic E-state index is 12.2. The van der Waals surface area contributed by atoms with Gasteiger partial charge in [-0.1, -0.05) is 27.5 Å². The molecule has 0 bridgehead atoms. The first-order chi connectivity index (χ1) is 9.88. The molecule has 1 atom stereocenters. The van der Waals surface area contributed by atoms with Gasteiger partial charge < -0.3 is 4.74 Å². The van der Waals surface area contributed by atoms with Gasteiger partial charge in [-0.15, -0.1) is 11.3 Å². The number of carbonyl (C=O) groups is 1. The van der Waals surface area contributed by atoms with E-state index in [0.717, 1.165) is 11.3 Å². The van der Waals surface area contributed by atoms with Crippen molar-refractivity contribution in [2.75, 3.05) is 0 Å². The molecular formula is C13H9BrClNO4S. The van der Waals surface area contributed by atoms with Crippen molar-refractivity contribution in [3.8, 4) is 5.75 Å². The molecule has 1 heterocycles. The third-order valence-corrected chi connectivity index (χ3v) is 4.35. The SMILES string of the molecule is CC(Oc1ccc(Br)cc1[N+](=O)[O-])C(=O)c1ccc(Cl)s1. The summed E-state index contributed by atoms with van der Waals surface area (Å²) in [6.45, 7) is 1.54. The monoisotopic (exact) mass is 389 g/mol. The molecule has 0 spiro atoms. The smallest absolute Gasteiger partial charge is 0.312 e. The van der Waals surface area contributed by atoms with Gasteiger partial charge in [0.2, 0.25) is 5.78 Å². The molecule has 0 amide bonds. The minimum atomic E-state index is -0.848. The fourth-order valence-corrected chi connectivity index (χ4v) is 3.03. The minimum absolute atomic E-state index is 0.0479. The first-order valence-electron chi connectivity index (χ1n) is 5.78. The summed E-state index contributed by atoms with van der Waals surface area (Å²) in [5.41, 5.74) is -0.201. The second kappa shape index (κ2) is 6.55. The van der Waals surface area contributed by atoms with Crippen LogP contribution in [0.3, 0.4) is 0 Å². The summed E-state index contributed by atoms with van der Waals surface area (Å²) in [4.78, 5) is 23.1. The summed E-state index contributed by atoms with van der Waals surface area (Å²) in [7, 11) is 0. The molecule has 0 aliphatic heterocycles. The minimum Gasteiger partial charge on any atom is -0.475 e. The Hall–Kier alpha value is -1.44. The molecule has 1 unspecified atom stereocenters. The van der Waals surface area contributed by atoms with Crippen molar-refractivity contribution >= 4 is 50.3 Å². The topological polar surface area (TPSA) is 69.4 Å². The van der Waals surface area contributed by atoms with Gasteiger partial charge in [0.1, 0.15) is 0 Å². The van der Waals surface area contributed by atoms with Crippen LogP contribution < -0.4 is 4.74 Å². The number of halogens is 2. The van der Waals surface area contributed by atoms with Gasteiger partial charge in [-0.3, -0.25) is 14.9 Å². The van der Waals surface area contributed by atoms with Gasteiger partial charge in [0.15, 0.2) is 11.9 Å². The molecule has 0 saturated heterocycles. The Morgan fingerprint density at radius 3 is 2.71 bits per heavy atom. The number of rotatable bonds is 5. The van der Waals surface area contributed by atoms with Crippen LogP contribution in [-0.4, -0.2) is 16.8 Å². The summed E-state index contributed by atoms with van der Waals surface area (Å²) < 4.78 is 6.50. The van der Waals surface area contributed by atoms with Crippen molar-refractivity contribution in [2.45, 2.75) is 13.0 Å². The Kier molecular flexibility index (Phi) is 4.97. The lowest BCUT2D eigenvalue weighted by atomic mass is 10.2. The van der Waals surface area contributed by atoms with E-state index in [1.165, 1.54) is 12.1 Å². The van der Waals surface area contributed by atoms with Crippen molar-refractivity contribution in [3.63, 3.8) is 0 Å². The van der Waals surface area contributed by atoms with Crippen LogP contribution in [0.1, 0.15) is 16.6 Å². The quantitative estimate of drug-likeness (QED) is 0.421. The van der Waals surface area contributed by atoms with E-state index < -0.39 is 11.0 Å². The highest BCUT2D eigenvalue weighted by molar-refractivity contribution is 9.10. The summed E-state index contributed by atoms with van der Waals surface area (Å²) in [6.07, 6.45) is -0.848. The highest BCUT2D eigenvalue weighted by atomic mass is 79.9. The molecule has 1 aromatic carbocycles. The number of hydrogen-bond acceptors (Lipinski definition) is 5. The van der Waals surface area contributed by atoms with Crippen molar-refractivity contribution in [2.24, 2.45) is 0 Å². The molecule has 2 rings (SSSR count). The molecule has 0 saturated carbocycles. The molecule has 2 aromatic rings. The number of ether oxygens (including phenoxy) is 1. The molecule has 21 heavy (non-hydrogen) atoms. The lowest BCUT2D eigenvalue weighted by molar-refractivity contribution is -0.386. The molecular weight excluding hydrogens is 382 g/mol. The van der Waals surface area contributed by atoms with E-state index in [2.05, 4.69) is 15.9 Å². The van der Waals surface area contributed by atoms with Crippen LogP contribution in [0.2, 0.25) is 4.34 Å². The summed E-state index contributed by atoms with van der Waals surface area (Å²) in [5, 5.41) is 11.0. The van der Waals surface area contributed by atoms with Gasteiger partial charge in [0, 0.05) is 10.5 Å². The van der Waals surface area contributed by atoms with Gasteiger partial charge in [-0.05, 0) is 31.2 Å². The third kappa shape index (κ3) is 3.81. The molecule has 0 aliphatic carbocycles. The first kappa shape index (κ1) is 15.9. The zero-order valence-electron chi connectivity index (χ0n) is 10.7. The normalized spacial score (nSPS) is 12.0. The Labute approximate surface area is 137 Å². The van der Waals surface area contributed by atoms with E-state index in [9.17, 15) is 14.9 Å². The van der Waals surface area contributed by atoms with Gasteiger partial charge in [-0.25, -0.2) is 0 Å². The number of nitrogens with zero attached hydrogens (tertiary/aromatic N) is 1. The highest BCUT2D eigenvalue weighted by Crippen LogP contribution is 2.31. The predicted molar refractivity (Wildman–Crippen MR) is 84.5 cm³/mol. The van der Waals surface area contributed by atoms with Crippen molar-refractivity contribution < 1.29 is 14.5 Å². The molecule has 110 valence electrons. The number of nitro benzene ring substituents is 1. The van der Waals surface area contributed by atoms with E-state index in [0.29, 0.717) is 13.7 Å². The van der Waals surface area contributed by atoms with Crippen LogP contribution >= 0.6 is 38.9 Å². The fourth-order valence-electron chi connectivity index (χ4n) is 1.62. The highest BCUT2D eigenvalue weighted by Gasteiger charge is 2.23. The molecule has 0 aliphatic rings. The van der Waals surface area contributed by atoms with Crippen LogP contribution in [0.15, 0.2) is 34.8 Å². The first-order valence-corrected chi connectivity index (χ1v) is 7.77. The lowest BCUT2D eigenvalue weighted by Crippen LogP contribution is -2.23. The van der Waals surface area contributed by atoms with Gasteiger partial charge in [-0.2, -0.15) is 0 Å². The summed E-state index contributed by atoms with van der Waals surface area (Å²) in [5.74, 6) is -0.226. The summed E-state index contributed by atoms with van der Waals surface area (Å²) in [6, 6.07) is 7.61. The average molecular weight is 391 g/mol. The van der Waals surface area contributed by atoms with Gasteiger partial charge in [0.05, 0.1) is 14.1 Å². The Morgan fingerprint density at radius 2 is 2.14 bits per heavy atom. The summed E-state index contributed by atoms with van der Waals surface area (Å²) >= 11 is 10.1. The lowest BCUT2D eigenvalue weighted by Gasteiger charge is -2.13. The van der Waals surface area contributed by atoms with Crippen LogP contribution in [0.4, 0.5) is 5.69 Å². The molecule has 0 fully saturated rings. The number of hydrogen-bond donors (Lipinski definition) is 0. The number of benzene rings is 1. The van der Waals surface area contributed by atoms with Gasteiger partial charge >= 0.3 is 5.69 Å². The third-order valence-electron chi connectivity index (χ3n) is 2.61. The van der Waals surface area contributed by atoms with Crippen molar-refractivity contribution in [1.82, 2.24) is 0 Å². The molecule has 0 N–H and O–H groups in total. The fraction of sp³-hybridized carbons (Fsp3) is 0.154. The number of carbonyl (C=O) groups excluding carboxylic acids is 1. The maximum Gasteiger partial charge on any atom is 0.312 e. The van der Waals surface area contributed by atoms with Crippen LogP contribution in [0.25, 0.3) is 0 Å². The number of thiophene rings is 1. The standard InChI is InChI=1S/C13H9BrClNO4S/c1-7(13(17)11-4-5-12(15)21-11)20-10-3-2-8(14)6-9(10)16(18)19/h2-7H,1H3. The maximum absolute atomic E-state index is 12.2. The van der Waals surface area contributed by atoms with Crippen LogP contribution in [0.5, 0.6) is 5.75 Å². The molecule has 5 nitrogen and oxygen atoms in total. The van der Waals surface area contributed by atoms with E-state index in [1.54, 1.807) is 25.1 Å². The predicted octanol–water partition coefficient (Wildman–Crippen LogP) is 4.72. The molecule has 8 heteroatoms. The Morgan fingerprint density at radius 1 is 1.43 bits per heavy atom. The second-order valence-corrected chi connectivity index (χ2v) is 6.73. The zero-order chi connectivity index (χ0) is 15.6. The van der Waals surface area contributed by atoms with Crippen LogP contribution in [-0.2, 0) is 0 Å². The number of nitro groups is 1. The van der Waals surface area contributed by atoms with Crippen LogP contribution in [0, 0.1) is 10.1 Å². The number of Topliss-reactive ketones (excluding diaryl/α,β-unsaturated/α-hetero) is 1. The van der Waals surface area contributed by atoms with Gasteiger partial charge in [0.25, 0.3) is 0 Å². The van der Waals surface area contributed by atoms with Crippen molar-refractivity contribution in [3.05, 3.63) is 54.1 Å². The molecule has 0 radical (unpaired) electrons. The van der Waals surface area contributed by atoms with E-state index in [-0.39, 0.29) is 17.2 Å². The van der Waals surface area contributed by atoms with E-state index >= 15 is 0 Å². The zero-order valence-corrected chi connectivity index (χ0v) is 13.9.